The lowest BCUT2D eigenvalue weighted by atomic mass is 10.0. The zero-order valence-corrected chi connectivity index (χ0v) is 54.1. The predicted molar refractivity (Wildman–Crippen MR) is 349 cm³/mol. The summed E-state index contributed by atoms with van der Waals surface area (Å²) < 4.78 is 17.0. The lowest BCUT2D eigenvalue weighted by molar-refractivity contribution is -0.167. The van der Waals surface area contributed by atoms with Gasteiger partial charge in [0, 0.05) is 19.3 Å². The Morgan fingerprint density at radius 3 is 0.700 bits per heavy atom. The van der Waals surface area contributed by atoms with Crippen LogP contribution in [0.5, 0.6) is 0 Å². The summed E-state index contributed by atoms with van der Waals surface area (Å²) in [6.07, 6.45) is 85.9. The summed E-state index contributed by atoms with van der Waals surface area (Å²) in [6, 6.07) is 0. The second-order valence-corrected chi connectivity index (χ2v) is 24.5. The van der Waals surface area contributed by atoms with Gasteiger partial charge in [0.2, 0.25) is 0 Å². The van der Waals surface area contributed by atoms with Crippen molar-refractivity contribution in [1.29, 1.82) is 0 Å². The van der Waals surface area contributed by atoms with Crippen LogP contribution in [0.15, 0.2) is 36.5 Å². The Labute approximate surface area is 499 Å². The zero-order valence-electron chi connectivity index (χ0n) is 54.1. The van der Waals surface area contributed by atoms with Gasteiger partial charge in [-0.2, -0.15) is 0 Å². The molecule has 0 saturated carbocycles. The summed E-state index contributed by atoms with van der Waals surface area (Å²) in [5.41, 5.74) is 0. The lowest BCUT2D eigenvalue weighted by Crippen LogP contribution is -2.30. The normalized spacial score (nSPS) is 12.2. The molecular weight excluding hydrogens is 985 g/mol. The Bertz CT molecular complexity index is 1340. The van der Waals surface area contributed by atoms with Crippen LogP contribution in [0.25, 0.3) is 0 Å². The summed E-state index contributed by atoms with van der Waals surface area (Å²) in [7, 11) is 0. The van der Waals surface area contributed by atoms with E-state index in [0.29, 0.717) is 19.3 Å². The summed E-state index contributed by atoms with van der Waals surface area (Å²) in [4.78, 5) is 38.5. The second-order valence-electron chi connectivity index (χ2n) is 24.5. The van der Waals surface area contributed by atoms with Gasteiger partial charge < -0.3 is 14.2 Å². The molecule has 0 aliphatic rings. The van der Waals surface area contributed by atoms with Crippen molar-refractivity contribution in [3.8, 4) is 0 Å². The van der Waals surface area contributed by atoms with Gasteiger partial charge in [-0.25, -0.2) is 0 Å². The van der Waals surface area contributed by atoms with Crippen molar-refractivity contribution < 1.29 is 28.6 Å². The molecule has 0 spiro atoms. The fourth-order valence-electron chi connectivity index (χ4n) is 10.9. The molecule has 6 heteroatoms. The molecule has 0 aromatic rings. The Morgan fingerprint density at radius 2 is 0.450 bits per heavy atom. The van der Waals surface area contributed by atoms with Crippen molar-refractivity contribution in [3.63, 3.8) is 0 Å². The van der Waals surface area contributed by atoms with Gasteiger partial charge in [0.15, 0.2) is 6.10 Å². The first kappa shape index (κ1) is 77.6. The molecule has 0 aromatic carbocycles. The highest BCUT2D eigenvalue weighted by atomic mass is 16.6. The van der Waals surface area contributed by atoms with E-state index in [2.05, 4.69) is 57.2 Å². The first-order valence-electron chi connectivity index (χ1n) is 36.0. The molecule has 0 heterocycles. The summed E-state index contributed by atoms with van der Waals surface area (Å²) in [6.45, 7) is 6.71. The molecule has 0 bridgehead atoms. The average molecular weight is 1120 g/mol. The molecule has 80 heavy (non-hydrogen) atoms. The van der Waals surface area contributed by atoms with Gasteiger partial charge in [-0.05, 0) is 77.0 Å². The van der Waals surface area contributed by atoms with Gasteiger partial charge in [0.1, 0.15) is 13.2 Å². The number of unbranched alkanes of at least 4 members (excludes halogenated alkanes) is 50. The summed E-state index contributed by atoms with van der Waals surface area (Å²) in [5.74, 6) is -0.841. The third kappa shape index (κ3) is 66.4. The van der Waals surface area contributed by atoms with E-state index in [1.54, 1.807) is 0 Å². The lowest BCUT2D eigenvalue weighted by Gasteiger charge is -2.18. The van der Waals surface area contributed by atoms with E-state index in [1.165, 1.54) is 295 Å². The van der Waals surface area contributed by atoms with Crippen LogP contribution in [0.2, 0.25) is 0 Å². The Morgan fingerprint density at radius 1 is 0.250 bits per heavy atom. The molecule has 1 atom stereocenters. The third-order valence-corrected chi connectivity index (χ3v) is 16.4. The van der Waals surface area contributed by atoms with E-state index in [4.69, 9.17) is 14.2 Å². The molecule has 1 unspecified atom stereocenters. The maximum Gasteiger partial charge on any atom is 0.306 e. The number of rotatable bonds is 67. The number of ether oxygens (including phenoxy) is 3. The van der Waals surface area contributed by atoms with E-state index in [-0.39, 0.29) is 31.1 Å². The maximum atomic E-state index is 13.0. The van der Waals surface area contributed by atoms with Crippen molar-refractivity contribution in [2.45, 2.75) is 406 Å². The highest BCUT2D eigenvalue weighted by Crippen LogP contribution is 2.18. The minimum atomic E-state index is -0.773. The van der Waals surface area contributed by atoms with Crippen LogP contribution < -0.4 is 0 Å². The monoisotopic (exact) mass is 1120 g/mol. The van der Waals surface area contributed by atoms with Crippen molar-refractivity contribution in [1.82, 2.24) is 0 Å². The molecule has 0 aliphatic carbocycles. The molecular formula is C74H138O6. The molecule has 0 radical (unpaired) electrons. The average Bonchev–Trinajstić information content (AvgIpc) is 3.46. The van der Waals surface area contributed by atoms with Crippen LogP contribution in [0, 0.1) is 0 Å². The largest absolute Gasteiger partial charge is 0.462 e. The second kappa shape index (κ2) is 69.1. The van der Waals surface area contributed by atoms with Crippen LogP contribution in [0.4, 0.5) is 0 Å². The minimum absolute atomic E-state index is 0.0682. The van der Waals surface area contributed by atoms with Crippen molar-refractivity contribution in [2.24, 2.45) is 0 Å². The van der Waals surface area contributed by atoms with Crippen LogP contribution in [-0.4, -0.2) is 37.2 Å². The smallest absolute Gasteiger partial charge is 0.306 e. The Hall–Kier alpha value is -2.37. The van der Waals surface area contributed by atoms with Crippen LogP contribution >= 0.6 is 0 Å². The standard InChI is InChI=1S/C74H138O6/c1-4-7-10-13-16-19-22-25-28-31-34-36-37-39-40-43-46-49-52-55-58-61-64-67-73(76)79-70-71(69-78-72(75)66-63-60-57-54-51-48-45-42-33-30-27-24-21-18-15-12-9-6-3)80-74(77)68-65-62-59-56-53-50-47-44-41-38-35-32-29-26-23-20-17-14-11-8-5-2/h22,25,31-32,34-35,71H,4-21,23-24,26-30,33,36-70H2,1-3H3/b25-22-,34-31-,35-32-. The Balaban J connectivity index is 4.31. The van der Waals surface area contributed by atoms with Gasteiger partial charge in [0.25, 0.3) is 0 Å². The highest BCUT2D eigenvalue weighted by molar-refractivity contribution is 5.71. The molecule has 0 amide bonds. The van der Waals surface area contributed by atoms with E-state index < -0.39 is 6.10 Å². The first-order valence-corrected chi connectivity index (χ1v) is 36.0. The molecule has 0 N–H and O–H groups in total. The number of esters is 3. The topological polar surface area (TPSA) is 78.9 Å². The van der Waals surface area contributed by atoms with E-state index >= 15 is 0 Å². The summed E-state index contributed by atoms with van der Waals surface area (Å²) in [5, 5.41) is 0. The maximum absolute atomic E-state index is 13.0. The Kier molecular flexibility index (Phi) is 67.1. The highest BCUT2D eigenvalue weighted by Gasteiger charge is 2.19. The number of carbonyl (C=O) groups is 3. The SMILES string of the molecule is CCCCCCC/C=C\C/C=C\CCCCCCCCCCCCCC(=O)OCC(COC(=O)CCCCCCCCCCCCCCCCCCCC)OC(=O)CCCCCCCCCCC/C=C\CCCCCCCCCC. The zero-order chi connectivity index (χ0) is 57.8. The number of carbonyl (C=O) groups excluding carboxylic acids is 3. The van der Waals surface area contributed by atoms with Gasteiger partial charge in [-0.1, -0.05) is 340 Å². The van der Waals surface area contributed by atoms with Crippen LogP contribution in [0.1, 0.15) is 400 Å². The summed E-state index contributed by atoms with van der Waals surface area (Å²) >= 11 is 0. The van der Waals surface area contributed by atoms with E-state index in [0.717, 1.165) is 64.2 Å². The van der Waals surface area contributed by atoms with Crippen molar-refractivity contribution >= 4 is 17.9 Å². The molecule has 6 nitrogen and oxygen atoms in total. The quantitative estimate of drug-likeness (QED) is 0.0261. The molecule has 0 aliphatic heterocycles. The molecule has 470 valence electrons. The van der Waals surface area contributed by atoms with Crippen LogP contribution in [0.3, 0.4) is 0 Å². The molecule has 0 aromatic heterocycles. The van der Waals surface area contributed by atoms with Gasteiger partial charge >= 0.3 is 17.9 Å². The van der Waals surface area contributed by atoms with Crippen LogP contribution in [-0.2, 0) is 28.6 Å². The van der Waals surface area contributed by atoms with Crippen molar-refractivity contribution in [3.05, 3.63) is 36.5 Å². The minimum Gasteiger partial charge on any atom is -0.462 e. The van der Waals surface area contributed by atoms with Gasteiger partial charge in [-0.15, -0.1) is 0 Å². The third-order valence-electron chi connectivity index (χ3n) is 16.4. The van der Waals surface area contributed by atoms with E-state index in [9.17, 15) is 14.4 Å². The fourth-order valence-corrected chi connectivity index (χ4v) is 10.9. The van der Waals surface area contributed by atoms with Gasteiger partial charge in [-0.3, -0.25) is 14.4 Å². The predicted octanol–water partition coefficient (Wildman–Crippen LogP) is 24.7. The van der Waals surface area contributed by atoms with Crippen molar-refractivity contribution in [2.75, 3.05) is 13.2 Å². The number of allylic oxidation sites excluding steroid dienone is 6. The van der Waals surface area contributed by atoms with Gasteiger partial charge in [0.05, 0.1) is 0 Å². The van der Waals surface area contributed by atoms with E-state index in [1.807, 2.05) is 0 Å². The molecule has 0 saturated heterocycles. The fraction of sp³-hybridized carbons (Fsp3) is 0.878. The first-order chi connectivity index (χ1) is 39.5. The molecule has 0 rings (SSSR count). The number of hydrogen-bond acceptors (Lipinski definition) is 6. The number of hydrogen-bond donors (Lipinski definition) is 0. The molecule has 0 fully saturated rings.